The van der Waals surface area contributed by atoms with Crippen LogP contribution in [0.15, 0.2) is 6.07 Å². The quantitative estimate of drug-likeness (QED) is 0.796. The molecule has 76 valence electrons. The topological polar surface area (TPSA) is 37.8 Å². The van der Waals surface area contributed by atoms with E-state index in [1.807, 2.05) is 0 Å². The number of nitrogens with one attached hydrogen (secondary N) is 1. The van der Waals surface area contributed by atoms with Crippen molar-refractivity contribution in [2.24, 2.45) is 0 Å². The first-order chi connectivity index (χ1) is 6.74. The Balaban J connectivity index is 2.07. The average Bonchev–Trinajstić information content (AvgIpc) is 2.54. The summed E-state index contributed by atoms with van der Waals surface area (Å²) >= 11 is 11.5. The number of anilines is 1. The van der Waals surface area contributed by atoms with Crippen molar-refractivity contribution >= 4 is 29.2 Å². The van der Waals surface area contributed by atoms with E-state index in [2.05, 4.69) is 15.3 Å². The minimum absolute atomic E-state index is 0.380. The van der Waals surface area contributed by atoms with Crippen molar-refractivity contribution in [3.8, 4) is 0 Å². The van der Waals surface area contributed by atoms with Crippen molar-refractivity contribution < 1.29 is 0 Å². The molecule has 3 nitrogen and oxygen atoms in total. The molecule has 1 fully saturated rings. The molecule has 0 radical (unpaired) electrons. The summed E-state index contributed by atoms with van der Waals surface area (Å²) in [6.45, 7) is 0. The Morgan fingerprint density at radius 2 is 1.71 bits per heavy atom. The SMILES string of the molecule is Clc1cc(Cl)nc(NC2CCCC2)n1. The fraction of sp³-hybridized carbons (Fsp3) is 0.556. The van der Waals surface area contributed by atoms with Gasteiger partial charge in [0.05, 0.1) is 0 Å². The molecule has 0 saturated heterocycles. The zero-order valence-corrected chi connectivity index (χ0v) is 9.15. The van der Waals surface area contributed by atoms with Gasteiger partial charge >= 0.3 is 0 Å². The van der Waals surface area contributed by atoms with Crippen LogP contribution in [-0.4, -0.2) is 16.0 Å². The summed E-state index contributed by atoms with van der Waals surface area (Å²) in [6.07, 6.45) is 4.89. The molecule has 14 heavy (non-hydrogen) atoms. The summed E-state index contributed by atoms with van der Waals surface area (Å²) in [5.41, 5.74) is 0. The standard InChI is InChI=1S/C9H11Cl2N3/c10-7-5-8(11)14-9(13-7)12-6-3-1-2-4-6/h5-6H,1-4H2,(H,12,13,14). The van der Waals surface area contributed by atoms with E-state index in [0.29, 0.717) is 22.3 Å². The lowest BCUT2D eigenvalue weighted by Gasteiger charge is -2.11. The van der Waals surface area contributed by atoms with Gasteiger partial charge in [-0.05, 0) is 12.8 Å². The minimum Gasteiger partial charge on any atom is -0.351 e. The van der Waals surface area contributed by atoms with Crippen LogP contribution in [0, 0.1) is 0 Å². The molecule has 1 saturated carbocycles. The van der Waals surface area contributed by atoms with Crippen LogP contribution in [0.4, 0.5) is 5.95 Å². The lowest BCUT2D eigenvalue weighted by molar-refractivity contribution is 0.744. The van der Waals surface area contributed by atoms with E-state index >= 15 is 0 Å². The number of hydrogen-bond donors (Lipinski definition) is 1. The molecule has 1 N–H and O–H groups in total. The molecule has 0 spiro atoms. The second kappa shape index (κ2) is 4.32. The summed E-state index contributed by atoms with van der Waals surface area (Å²) in [5, 5.41) is 3.99. The van der Waals surface area contributed by atoms with Crippen molar-refractivity contribution in [2.75, 3.05) is 5.32 Å². The number of aromatic nitrogens is 2. The van der Waals surface area contributed by atoms with Crippen molar-refractivity contribution in [3.05, 3.63) is 16.4 Å². The average molecular weight is 232 g/mol. The van der Waals surface area contributed by atoms with Crippen molar-refractivity contribution in [1.82, 2.24) is 9.97 Å². The monoisotopic (exact) mass is 231 g/mol. The van der Waals surface area contributed by atoms with Crippen molar-refractivity contribution in [1.29, 1.82) is 0 Å². The van der Waals surface area contributed by atoms with Gasteiger partial charge in [0.1, 0.15) is 10.3 Å². The summed E-state index contributed by atoms with van der Waals surface area (Å²) in [5.74, 6) is 0.536. The molecule has 0 aromatic carbocycles. The largest absolute Gasteiger partial charge is 0.351 e. The minimum atomic E-state index is 0.380. The van der Waals surface area contributed by atoms with Gasteiger partial charge in [0, 0.05) is 12.1 Å². The van der Waals surface area contributed by atoms with E-state index in [4.69, 9.17) is 23.2 Å². The van der Waals surface area contributed by atoms with Gasteiger partial charge in [-0.3, -0.25) is 0 Å². The predicted molar refractivity (Wildman–Crippen MR) is 57.9 cm³/mol. The molecular formula is C9H11Cl2N3. The molecular weight excluding hydrogens is 221 g/mol. The number of hydrogen-bond acceptors (Lipinski definition) is 3. The summed E-state index contributed by atoms with van der Waals surface area (Å²) < 4.78 is 0. The molecule has 5 heteroatoms. The second-order valence-corrected chi connectivity index (χ2v) is 4.24. The summed E-state index contributed by atoms with van der Waals surface area (Å²) in [4.78, 5) is 8.11. The first-order valence-corrected chi connectivity index (χ1v) is 5.46. The maximum atomic E-state index is 5.76. The number of nitrogens with zero attached hydrogens (tertiary/aromatic N) is 2. The second-order valence-electron chi connectivity index (χ2n) is 3.46. The van der Waals surface area contributed by atoms with Gasteiger partial charge < -0.3 is 5.32 Å². The number of rotatable bonds is 2. The molecule has 2 rings (SSSR count). The molecule has 0 atom stereocenters. The third-order valence-electron chi connectivity index (χ3n) is 2.35. The lowest BCUT2D eigenvalue weighted by Crippen LogP contribution is -2.16. The van der Waals surface area contributed by atoms with Crippen LogP contribution < -0.4 is 5.32 Å². The van der Waals surface area contributed by atoms with Gasteiger partial charge in [0.25, 0.3) is 0 Å². The van der Waals surface area contributed by atoms with Crippen LogP contribution in [0.5, 0.6) is 0 Å². The zero-order chi connectivity index (χ0) is 9.97. The van der Waals surface area contributed by atoms with E-state index in [0.717, 1.165) is 0 Å². The third kappa shape index (κ3) is 2.49. The van der Waals surface area contributed by atoms with E-state index in [1.54, 1.807) is 0 Å². The normalized spacial score (nSPS) is 17.3. The molecule has 0 unspecified atom stereocenters. The predicted octanol–water partition coefficient (Wildman–Crippen LogP) is 3.14. The van der Waals surface area contributed by atoms with Gasteiger partial charge in [0.2, 0.25) is 5.95 Å². The van der Waals surface area contributed by atoms with Gasteiger partial charge in [-0.15, -0.1) is 0 Å². The maximum Gasteiger partial charge on any atom is 0.225 e. The fourth-order valence-corrected chi connectivity index (χ4v) is 2.13. The molecule has 1 heterocycles. The first kappa shape index (κ1) is 9.99. The highest BCUT2D eigenvalue weighted by atomic mass is 35.5. The Bertz CT molecular complexity index is 304. The Labute approximate surface area is 92.8 Å². The zero-order valence-electron chi connectivity index (χ0n) is 7.63. The first-order valence-electron chi connectivity index (χ1n) is 4.70. The molecule has 1 aliphatic carbocycles. The molecule has 0 bridgehead atoms. The molecule has 1 aliphatic rings. The van der Waals surface area contributed by atoms with Gasteiger partial charge in [-0.25, -0.2) is 9.97 Å². The van der Waals surface area contributed by atoms with Gasteiger partial charge in [-0.1, -0.05) is 36.0 Å². The molecule has 1 aromatic rings. The maximum absolute atomic E-state index is 5.76. The van der Waals surface area contributed by atoms with Gasteiger partial charge in [0.15, 0.2) is 0 Å². The Hall–Kier alpha value is -0.540. The molecule has 1 aromatic heterocycles. The van der Waals surface area contributed by atoms with Crippen LogP contribution in [0.1, 0.15) is 25.7 Å². The lowest BCUT2D eigenvalue weighted by atomic mass is 10.3. The van der Waals surface area contributed by atoms with Crippen LogP contribution in [0.3, 0.4) is 0 Å². The molecule has 0 aliphatic heterocycles. The van der Waals surface area contributed by atoms with Crippen molar-refractivity contribution in [2.45, 2.75) is 31.7 Å². The van der Waals surface area contributed by atoms with Crippen LogP contribution in [0.2, 0.25) is 10.3 Å². The van der Waals surface area contributed by atoms with E-state index < -0.39 is 0 Å². The van der Waals surface area contributed by atoms with E-state index in [9.17, 15) is 0 Å². The Kier molecular flexibility index (Phi) is 3.08. The fourth-order valence-electron chi connectivity index (χ4n) is 1.71. The third-order valence-corrected chi connectivity index (χ3v) is 2.74. The van der Waals surface area contributed by atoms with Crippen LogP contribution >= 0.6 is 23.2 Å². The Morgan fingerprint density at radius 1 is 1.14 bits per heavy atom. The highest BCUT2D eigenvalue weighted by Crippen LogP contribution is 2.22. The Morgan fingerprint density at radius 3 is 2.29 bits per heavy atom. The van der Waals surface area contributed by atoms with Crippen LogP contribution in [-0.2, 0) is 0 Å². The summed E-state index contributed by atoms with van der Waals surface area (Å²) in [6, 6.07) is 2.01. The highest BCUT2D eigenvalue weighted by Gasteiger charge is 2.15. The van der Waals surface area contributed by atoms with E-state index in [-0.39, 0.29) is 0 Å². The summed E-state index contributed by atoms with van der Waals surface area (Å²) in [7, 11) is 0. The van der Waals surface area contributed by atoms with Crippen molar-refractivity contribution in [3.63, 3.8) is 0 Å². The smallest absolute Gasteiger partial charge is 0.225 e. The number of halogens is 2. The highest BCUT2D eigenvalue weighted by molar-refractivity contribution is 6.33. The van der Waals surface area contributed by atoms with Gasteiger partial charge in [-0.2, -0.15) is 0 Å². The molecule has 0 amide bonds. The van der Waals surface area contributed by atoms with E-state index in [1.165, 1.54) is 31.7 Å². The van der Waals surface area contributed by atoms with Crippen LogP contribution in [0.25, 0.3) is 0 Å².